The number of benzene rings is 1. The van der Waals surface area contributed by atoms with E-state index in [0.717, 1.165) is 63.6 Å². The molecule has 4 heterocycles. The lowest BCUT2D eigenvalue weighted by Crippen LogP contribution is -2.21. The van der Waals surface area contributed by atoms with Crippen molar-refractivity contribution in [3.05, 3.63) is 49.1 Å². The maximum absolute atomic E-state index is 9.79. The Morgan fingerprint density at radius 1 is 1.06 bits per heavy atom. The van der Waals surface area contributed by atoms with Crippen molar-refractivity contribution in [2.24, 2.45) is 0 Å². The maximum Gasteiger partial charge on any atom is 0.177 e. The minimum Gasteiger partial charge on any atom is -0.452 e. The summed E-state index contributed by atoms with van der Waals surface area (Å²) in [6.07, 6.45) is 10.9. The minimum atomic E-state index is -0.181. The van der Waals surface area contributed by atoms with Gasteiger partial charge in [-0.25, -0.2) is 4.98 Å². The Labute approximate surface area is 182 Å². The lowest BCUT2D eigenvalue weighted by Gasteiger charge is -2.25. The molecule has 0 spiro atoms. The number of fused-ring (bicyclic) bond motifs is 2. The number of furan rings is 1. The van der Waals surface area contributed by atoms with E-state index < -0.39 is 0 Å². The van der Waals surface area contributed by atoms with E-state index in [-0.39, 0.29) is 6.10 Å². The number of pyridine rings is 1. The lowest BCUT2D eigenvalue weighted by molar-refractivity contribution is 0.108. The second-order valence-electron chi connectivity index (χ2n) is 8.13. The molecule has 0 saturated heterocycles. The number of nitrogen functional groups attached to an aromatic ring is 1. The van der Waals surface area contributed by atoms with Crippen LogP contribution in [0.5, 0.6) is 0 Å². The first-order valence-corrected chi connectivity index (χ1v) is 11.2. The van der Waals surface area contributed by atoms with Crippen LogP contribution in [0.4, 0.5) is 5.82 Å². The number of aliphatic hydroxyl groups excluding tert-OH is 1. The summed E-state index contributed by atoms with van der Waals surface area (Å²) in [7, 11) is 0. The molecule has 6 rings (SSSR count). The Balaban J connectivity index is 1.44. The molecule has 0 bridgehead atoms. The molecule has 1 aliphatic rings. The molecule has 1 aromatic carbocycles. The molecule has 1 fully saturated rings. The van der Waals surface area contributed by atoms with Gasteiger partial charge in [0.25, 0.3) is 0 Å². The molecule has 1 saturated carbocycles. The largest absolute Gasteiger partial charge is 0.452 e. The van der Waals surface area contributed by atoms with Crippen LogP contribution in [0.3, 0.4) is 0 Å². The van der Waals surface area contributed by atoms with E-state index in [9.17, 15) is 5.11 Å². The summed E-state index contributed by atoms with van der Waals surface area (Å²) in [6, 6.07) is 8.45. The molecule has 0 aliphatic heterocycles. The van der Waals surface area contributed by atoms with E-state index in [1.54, 1.807) is 6.20 Å². The summed E-state index contributed by atoms with van der Waals surface area (Å²) in [6.45, 7) is 0. The van der Waals surface area contributed by atoms with Gasteiger partial charge >= 0.3 is 0 Å². The fourth-order valence-corrected chi connectivity index (χ4v) is 5.19. The van der Waals surface area contributed by atoms with Crippen LogP contribution in [0.25, 0.3) is 43.5 Å². The summed E-state index contributed by atoms with van der Waals surface area (Å²) in [5, 5.41) is 16.4. The van der Waals surface area contributed by atoms with Crippen molar-refractivity contribution < 1.29 is 9.52 Å². The molecule has 5 aromatic rings. The Morgan fingerprint density at radius 3 is 2.81 bits per heavy atom. The van der Waals surface area contributed by atoms with Gasteiger partial charge in [0.15, 0.2) is 11.4 Å². The highest BCUT2D eigenvalue weighted by molar-refractivity contribution is 7.13. The minimum absolute atomic E-state index is 0.181. The van der Waals surface area contributed by atoms with Crippen molar-refractivity contribution in [1.29, 1.82) is 0 Å². The number of aromatic nitrogens is 4. The number of hydrogen-bond donors (Lipinski definition) is 2. The van der Waals surface area contributed by atoms with Gasteiger partial charge in [0.05, 0.1) is 23.0 Å². The van der Waals surface area contributed by atoms with E-state index in [0.29, 0.717) is 17.4 Å². The molecule has 0 unspecified atom stereocenters. The number of nitrogens with two attached hydrogens (primary N) is 1. The zero-order chi connectivity index (χ0) is 20.9. The van der Waals surface area contributed by atoms with Crippen LogP contribution in [0.2, 0.25) is 0 Å². The topological polar surface area (TPSA) is 103 Å². The number of aliphatic hydroxyl groups is 1. The molecule has 0 amide bonds. The van der Waals surface area contributed by atoms with Gasteiger partial charge in [-0.15, -0.1) is 0 Å². The quantitative estimate of drug-likeness (QED) is 0.415. The van der Waals surface area contributed by atoms with E-state index in [1.165, 1.54) is 11.5 Å². The molecule has 7 nitrogen and oxygen atoms in total. The van der Waals surface area contributed by atoms with E-state index in [1.807, 2.05) is 35.3 Å². The second-order valence-corrected chi connectivity index (χ2v) is 8.96. The molecule has 156 valence electrons. The summed E-state index contributed by atoms with van der Waals surface area (Å²) >= 11 is 1.47. The second kappa shape index (κ2) is 7.18. The SMILES string of the molecule is Nc1ncc(-c2cnn([C@H]3CC[C@H](O)CC3)c2)c2cc(-c3cccc4sncc34)oc12. The first kappa shape index (κ1) is 18.5. The van der Waals surface area contributed by atoms with Crippen LogP contribution >= 0.6 is 11.5 Å². The van der Waals surface area contributed by atoms with Crippen molar-refractivity contribution in [3.63, 3.8) is 0 Å². The Hall–Kier alpha value is -3.23. The average Bonchev–Trinajstić information content (AvgIpc) is 3.53. The van der Waals surface area contributed by atoms with Crippen LogP contribution in [0.15, 0.2) is 53.5 Å². The Morgan fingerprint density at radius 2 is 1.94 bits per heavy atom. The number of nitrogens with zero attached hydrogens (tertiary/aromatic N) is 4. The number of rotatable bonds is 3. The van der Waals surface area contributed by atoms with Crippen molar-refractivity contribution in [2.75, 3.05) is 5.73 Å². The van der Waals surface area contributed by atoms with E-state index in [2.05, 4.69) is 26.7 Å². The first-order chi connectivity index (χ1) is 15.2. The fourth-order valence-electron chi connectivity index (χ4n) is 4.51. The zero-order valence-corrected chi connectivity index (χ0v) is 17.5. The van der Waals surface area contributed by atoms with Gasteiger partial charge in [0, 0.05) is 46.1 Å². The highest BCUT2D eigenvalue weighted by Gasteiger charge is 2.22. The normalized spacial score (nSPS) is 19.4. The highest BCUT2D eigenvalue weighted by atomic mass is 32.1. The summed E-state index contributed by atoms with van der Waals surface area (Å²) in [4.78, 5) is 4.38. The summed E-state index contributed by atoms with van der Waals surface area (Å²) < 4.78 is 13.6. The van der Waals surface area contributed by atoms with Crippen LogP contribution in [0.1, 0.15) is 31.7 Å². The smallest absolute Gasteiger partial charge is 0.177 e. The molecule has 31 heavy (non-hydrogen) atoms. The van der Waals surface area contributed by atoms with Gasteiger partial charge < -0.3 is 15.3 Å². The molecule has 1 aliphatic carbocycles. The summed E-state index contributed by atoms with van der Waals surface area (Å²) in [5.41, 5.74) is 9.66. The fraction of sp³-hybridized carbons (Fsp3) is 0.261. The monoisotopic (exact) mass is 431 g/mol. The molecular formula is C23H21N5O2S. The molecule has 3 N–H and O–H groups in total. The molecule has 0 radical (unpaired) electrons. The zero-order valence-electron chi connectivity index (χ0n) is 16.7. The predicted molar refractivity (Wildman–Crippen MR) is 122 cm³/mol. The lowest BCUT2D eigenvalue weighted by atomic mass is 9.93. The van der Waals surface area contributed by atoms with Gasteiger partial charge in [-0.1, -0.05) is 12.1 Å². The van der Waals surface area contributed by atoms with Gasteiger partial charge in [0.1, 0.15) is 5.76 Å². The van der Waals surface area contributed by atoms with Crippen LogP contribution in [-0.2, 0) is 0 Å². The molecule has 4 aromatic heterocycles. The highest BCUT2D eigenvalue weighted by Crippen LogP contribution is 2.39. The third-order valence-corrected chi connectivity index (χ3v) is 6.97. The standard InChI is InChI=1S/C23H21N5O2S/c24-23-22-17(8-20(30-22)16-2-1-3-21-19(16)11-27-31-21)18(10-25-23)13-9-26-28(12-13)14-4-6-15(29)7-5-14/h1-3,8-12,14-15,29H,4-7H2,(H2,24,25)/t14-,15-. The number of anilines is 1. The predicted octanol–water partition coefficient (Wildman–Crippen LogP) is 5.03. The van der Waals surface area contributed by atoms with Gasteiger partial charge in [0.2, 0.25) is 0 Å². The van der Waals surface area contributed by atoms with E-state index >= 15 is 0 Å². The van der Waals surface area contributed by atoms with Gasteiger partial charge in [-0.3, -0.25) is 4.68 Å². The van der Waals surface area contributed by atoms with E-state index in [4.69, 9.17) is 10.2 Å². The van der Waals surface area contributed by atoms with Crippen LogP contribution in [-0.4, -0.2) is 30.3 Å². The van der Waals surface area contributed by atoms with Crippen molar-refractivity contribution in [1.82, 2.24) is 19.1 Å². The summed E-state index contributed by atoms with van der Waals surface area (Å²) in [5.74, 6) is 1.12. The Bertz CT molecular complexity index is 1390. The Kier molecular flexibility index (Phi) is 4.29. The first-order valence-electron chi connectivity index (χ1n) is 10.4. The third-order valence-electron chi connectivity index (χ3n) is 6.20. The molecule has 0 atom stereocenters. The van der Waals surface area contributed by atoms with Crippen molar-refractivity contribution >= 4 is 38.4 Å². The average molecular weight is 432 g/mol. The molecule has 8 heteroatoms. The maximum atomic E-state index is 9.79. The third kappa shape index (κ3) is 3.10. The van der Waals surface area contributed by atoms with Crippen LogP contribution in [0, 0.1) is 0 Å². The van der Waals surface area contributed by atoms with Crippen LogP contribution < -0.4 is 5.73 Å². The van der Waals surface area contributed by atoms with Crippen molar-refractivity contribution in [3.8, 4) is 22.5 Å². The van der Waals surface area contributed by atoms with Crippen molar-refractivity contribution in [2.45, 2.75) is 37.8 Å². The van der Waals surface area contributed by atoms with Gasteiger partial charge in [-0.05, 0) is 49.3 Å². The number of hydrogen-bond acceptors (Lipinski definition) is 7. The molecular weight excluding hydrogens is 410 g/mol. The van der Waals surface area contributed by atoms with Gasteiger partial charge in [-0.2, -0.15) is 9.47 Å².